The maximum atomic E-state index is 11.6. The van der Waals surface area contributed by atoms with Crippen molar-refractivity contribution in [3.05, 3.63) is 0 Å². The summed E-state index contributed by atoms with van der Waals surface area (Å²) in [6.45, 7) is 3.55. The number of carbonyl (C=O) groups is 1. The van der Waals surface area contributed by atoms with E-state index in [1.807, 2.05) is 0 Å². The lowest BCUT2D eigenvalue weighted by atomic mass is 10.0. The summed E-state index contributed by atoms with van der Waals surface area (Å²) < 4.78 is 0. The third kappa shape index (κ3) is 6.06. The summed E-state index contributed by atoms with van der Waals surface area (Å²) in [5.41, 5.74) is 5.59. The molecular formula is C14H28N2O. The highest BCUT2D eigenvalue weighted by molar-refractivity contribution is 5.76. The molecule has 1 aliphatic carbocycles. The summed E-state index contributed by atoms with van der Waals surface area (Å²) >= 11 is 0. The summed E-state index contributed by atoms with van der Waals surface area (Å²) in [4.78, 5) is 11.6. The highest BCUT2D eigenvalue weighted by atomic mass is 16.1. The molecule has 1 saturated carbocycles. The smallest absolute Gasteiger partial charge is 0.220 e. The molecule has 3 nitrogen and oxygen atoms in total. The van der Waals surface area contributed by atoms with Gasteiger partial charge in [-0.3, -0.25) is 4.79 Å². The van der Waals surface area contributed by atoms with Crippen LogP contribution in [0.25, 0.3) is 0 Å². The molecule has 0 aromatic heterocycles. The first-order valence-corrected chi connectivity index (χ1v) is 7.23. The van der Waals surface area contributed by atoms with Crippen molar-refractivity contribution in [3.8, 4) is 0 Å². The third-order valence-corrected chi connectivity index (χ3v) is 3.97. The first-order chi connectivity index (χ1) is 8.26. The van der Waals surface area contributed by atoms with E-state index in [1.54, 1.807) is 0 Å². The Morgan fingerprint density at radius 1 is 1.41 bits per heavy atom. The molecule has 100 valence electrons. The Bertz CT molecular complexity index is 208. The summed E-state index contributed by atoms with van der Waals surface area (Å²) in [6, 6.07) is 0. The minimum atomic E-state index is 0.175. The molecule has 1 unspecified atom stereocenters. The van der Waals surface area contributed by atoms with Crippen molar-refractivity contribution >= 4 is 5.91 Å². The fraction of sp³-hybridized carbons (Fsp3) is 0.929. The van der Waals surface area contributed by atoms with E-state index >= 15 is 0 Å². The molecule has 0 heterocycles. The lowest BCUT2D eigenvalue weighted by Gasteiger charge is -2.13. The Hall–Kier alpha value is -0.570. The fourth-order valence-corrected chi connectivity index (χ4v) is 2.65. The number of carbonyl (C=O) groups excluding carboxylic acids is 1. The van der Waals surface area contributed by atoms with Crippen LogP contribution in [-0.4, -0.2) is 19.0 Å². The van der Waals surface area contributed by atoms with Crippen LogP contribution < -0.4 is 11.1 Å². The molecule has 0 bridgehead atoms. The zero-order valence-electron chi connectivity index (χ0n) is 11.2. The normalized spacial score (nSPS) is 18.2. The van der Waals surface area contributed by atoms with E-state index in [1.165, 1.54) is 32.1 Å². The zero-order valence-corrected chi connectivity index (χ0v) is 11.2. The van der Waals surface area contributed by atoms with Crippen molar-refractivity contribution in [3.63, 3.8) is 0 Å². The Morgan fingerprint density at radius 3 is 2.71 bits per heavy atom. The van der Waals surface area contributed by atoms with Gasteiger partial charge in [0.2, 0.25) is 5.91 Å². The van der Waals surface area contributed by atoms with Crippen molar-refractivity contribution in [1.82, 2.24) is 5.32 Å². The van der Waals surface area contributed by atoms with Crippen LogP contribution in [0.15, 0.2) is 0 Å². The van der Waals surface area contributed by atoms with Gasteiger partial charge in [-0.1, -0.05) is 39.0 Å². The quantitative estimate of drug-likeness (QED) is 0.640. The Morgan fingerprint density at radius 2 is 2.12 bits per heavy atom. The van der Waals surface area contributed by atoms with Crippen molar-refractivity contribution < 1.29 is 4.79 Å². The molecule has 3 heteroatoms. The molecule has 1 amide bonds. The van der Waals surface area contributed by atoms with Gasteiger partial charge < -0.3 is 11.1 Å². The van der Waals surface area contributed by atoms with Crippen LogP contribution >= 0.6 is 0 Å². The van der Waals surface area contributed by atoms with Crippen molar-refractivity contribution in [2.24, 2.45) is 17.6 Å². The second kappa shape index (κ2) is 8.51. The molecule has 0 radical (unpaired) electrons. The maximum Gasteiger partial charge on any atom is 0.220 e. The average molecular weight is 240 g/mol. The average Bonchev–Trinajstić information content (AvgIpc) is 2.84. The molecule has 0 aliphatic heterocycles. The van der Waals surface area contributed by atoms with Crippen molar-refractivity contribution in [1.29, 1.82) is 0 Å². The van der Waals surface area contributed by atoms with E-state index < -0.39 is 0 Å². The van der Waals surface area contributed by atoms with Crippen LogP contribution in [0.2, 0.25) is 0 Å². The van der Waals surface area contributed by atoms with E-state index in [9.17, 15) is 4.79 Å². The van der Waals surface area contributed by atoms with Crippen LogP contribution in [-0.2, 0) is 4.79 Å². The predicted molar refractivity (Wildman–Crippen MR) is 71.7 cm³/mol. The van der Waals surface area contributed by atoms with Crippen LogP contribution in [0.4, 0.5) is 0 Å². The number of nitrogens with two attached hydrogens (primary N) is 1. The summed E-state index contributed by atoms with van der Waals surface area (Å²) in [6.07, 6.45) is 9.63. The van der Waals surface area contributed by atoms with Crippen molar-refractivity contribution in [2.45, 2.75) is 58.3 Å². The topological polar surface area (TPSA) is 55.1 Å². The van der Waals surface area contributed by atoms with Gasteiger partial charge in [-0.2, -0.15) is 0 Å². The van der Waals surface area contributed by atoms with Crippen LogP contribution in [0.3, 0.4) is 0 Å². The molecular weight excluding hydrogens is 212 g/mol. The molecule has 0 aromatic rings. The van der Waals surface area contributed by atoms with Gasteiger partial charge in [0.1, 0.15) is 0 Å². The molecule has 0 aromatic carbocycles. The van der Waals surface area contributed by atoms with Crippen LogP contribution in [0.5, 0.6) is 0 Å². The minimum Gasteiger partial charge on any atom is -0.356 e. The summed E-state index contributed by atoms with van der Waals surface area (Å²) in [5.74, 6) is 1.46. The first kappa shape index (κ1) is 14.5. The van der Waals surface area contributed by atoms with Gasteiger partial charge in [-0.05, 0) is 31.2 Å². The molecule has 1 fully saturated rings. The molecule has 3 N–H and O–H groups in total. The van der Waals surface area contributed by atoms with Gasteiger partial charge in [0, 0.05) is 13.0 Å². The number of rotatable bonds is 8. The largest absolute Gasteiger partial charge is 0.356 e. The highest BCUT2D eigenvalue weighted by Gasteiger charge is 2.14. The van der Waals surface area contributed by atoms with Crippen LogP contribution in [0, 0.1) is 11.8 Å². The second-order valence-electron chi connectivity index (χ2n) is 5.36. The number of hydrogen-bond acceptors (Lipinski definition) is 2. The van der Waals surface area contributed by atoms with Crippen molar-refractivity contribution in [2.75, 3.05) is 13.1 Å². The Labute approximate surface area is 106 Å². The van der Waals surface area contributed by atoms with E-state index in [4.69, 9.17) is 5.73 Å². The SMILES string of the molecule is CCC(CN)CC(=O)NCCCC1CCCC1. The molecule has 1 rings (SSSR count). The molecule has 0 saturated heterocycles. The van der Waals surface area contributed by atoms with Gasteiger partial charge in [0.15, 0.2) is 0 Å². The Balaban J connectivity index is 1.99. The second-order valence-corrected chi connectivity index (χ2v) is 5.36. The maximum absolute atomic E-state index is 11.6. The predicted octanol–water partition coefficient (Wildman–Crippen LogP) is 2.45. The van der Waals surface area contributed by atoms with Gasteiger partial charge in [-0.15, -0.1) is 0 Å². The third-order valence-electron chi connectivity index (χ3n) is 3.97. The van der Waals surface area contributed by atoms with Gasteiger partial charge in [0.05, 0.1) is 0 Å². The molecule has 17 heavy (non-hydrogen) atoms. The van der Waals surface area contributed by atoms with E-state index in [0.717, 1.165) is 25.3 Å². The molecule has 0 spiro atoms. The zero-order chi connectivity index (χ0) is 12.5. The minimum absolute atomic E-state index is 0.175. The highest BCUT2D eigenvalue weighted by Crippen LogP contribution is 2.28. The summed E-state index contributed by atoms with van der Waals surface area (Å²) in [7, 11) is 0. The number of nitrogens with one attached hydrogen (secondary N) is 1. The van der Waals surface area contributed by atoms with Gasteiger partial charge in [0.25, 0.3) is 0 Å². The summed E-state index contributed by atoms with van der Waals surface area (Å²) in [5, 5.41) is 3.01. The van der Waals surface area contributed by atoms with Gasteiger partial charge in [-0.25, -0.2) is 0 Å². The Kier molecular flexibility index (Phi) is 7.25. The lowest BCUT2D eigenvalue weighted by molar-refractivity contribution is -0.122. The first-order valence-electron chi connectivity index (χ1n) is 7.23. The van der Waals surface area contributed by atoms with Crippen LogP contribution in [0.1, 0.15) is 58.3 Å². The van der Waals surface area contributed by atoms with E-state index in [-0.39, 0.29) is 5.91 Å². The number of amides is 1. The van der Waals surface area contributed by atoms with E-state index in [2.05, 4.69) is 12.2 Å². The standard InChI is InChI=1S/C14H28N2O/c1-2-12(11-15)10-14(17)16-9-5-8-13-6-3-4-7-13/h12-13H,2-11,15H2,1H3,(H,16,17). The molecule has 1 aliphatic rings. The fourth-order valence-electron chi connectivity index (χ4n) is 2.65. The molecule has 1 atom stereocenters. The monoisotopic (exact) mass is 240 g/mol. The number of hydrogen-bond donors (Lipinski definition) is 2. The lowest BCUT2D eigenvalue weighted by Crippen LogP contribution is -2.28. The van der Waals surface area contributed by atoms with Gasteiger partial charge >= 0.3 is 0 Å². The van der Waals surface area contributed by atoms with E-state index in [0.29, 0.717) is 18.9 Å².